The molecule has 0 fully saturated rings. The Bertz CT molecular complexity index is 1870. The van der Waals surface area contributed by atoms with Gasteiger partial charge in [-0.2, -0.15) is 0 Å². The summed E-state index contributed by atoms with van der Waals surface area (Å²) < 4.78 is 13.7. The quantitative estimate of drug-likeness (QED) is 0.296. The van der Waals surface area contributed by atoms with E-state index in [0.717, 1.165) is 27.6 Å². The predicted molar refractivity (Wildman–Crippen MR) is 136 cm³/mol. The number of nitrogens with zero attached hydrogens (tertiary/aromatic N) is 4. The Morgan fingerprint density at radius 1 is 0.889 bits per heavy atom. The van der Waals surface area contributed by atoms with E-state index < -0.39 is 11.5 Å². The van der Waals surface area contributed by atoms with Gasteiger partial charge in [-0.3, -0.25) is 0 Å². The van der Waals surface area contributed by atoms with E-state index in [0.29, 0.717) is 39.8 Å². The van der Waals surface area contributed by atoms with Gasteiger partial charge in [0.05, 0.1) is 22.4 Å². The second kappa shape index (κ2) is 7.61. The van der Waals surface area contributed by atoms with E-state index in [1.807, 2.05) is 80.6 Å². The van der Waals surface area contributed by atoms with Gasteiger partial charge in [0.25, 0.3) is 0 Å². The van der Waals surface area contributed by atoms with E-state index in [2.05, 4.69) is 4.98 Å². The van der Waals surface area contributed by atoms with E-state index in [-0.39, 0.29) is 0 Å². The number of hydrogen-bond acceptors (Lipinski definition) is 6. The molecule has 1 unspecified atom stereocenters. The molecule has 0 saturated heterocycles. The molecule has 7 rings (SSSR count). The summed E-state index contributed by atoms with van der Waals surface area (Å²) in [7, 11) is 0. The van der Waals surface area contributed by atoms with Crippen molar-refractivity contribution in [2.45, 2.75) is 19.8 Å². The molecule has 0 radical (unpaired) electrons. The molecule has 174 valence electrons. The molecule has 36 heavy (non-hydrogen) atoms. The Morgan fingerprint density at radius 3 is 2.50 bits per heavy atom. The molecule has 0 N–H and O–H groups in total. The Kier molecular flexibility index (Phi) is 4.35. The van der Waals surface area contributed by atoms with Gasteiger partial charge < -0.3 is 9.15 Å². The first-order valence-corrected chi connectivity index (χ1v) is 11.7. The molecule has 1 aliphatic heterocycles. The maximum atomic E-state index is 13.4. The number of aromatic nitrogens is 4. The van der Waals surface area contributed by atoms with E-state index in [9.17, 15) is 4.79 Å². The summed E-state index contributed by atoms with van der Waals surface area (Å²) in [4.78, 5) is 23.0. The molecule has 6 aromatic rings. The normalized spacial score (nSPS) is 14.4. The topological polar surface area (TPSA) is 82.5 Å². The summed E-state index contributed by atoms with van der Waals surface area (Å²) in [5, 5.41) is 5.43. The summed E-state index contributed by atoms with van der Waals surface area (Å²) in [5.74, 6) is 0.966. The highest BCUT2D eigenvalue weighted by molar-refractivity contribution is 5.87. The minimum atomic E-state index is -0.490. The zero-order valence-corrected chi connectivity index (χ0v) is 19.6. The first-order chi connectivity index (χ1) is 17.6. The number of ether oxygens (including phenoxy) is 1. The molecule has 0 aliphatic carbocycles. The fraction of sp³-hybridized carbons (Fsp3) is 0.103. The molecule has 3 aromatic heterocycles. The van der Waals surface area contributed by atoms with Crippen LogP contribution >= 0.6 is 0 Å². The van der Waals surface area contributed by atoms with E-state index >= 15 is 0 Å². The van der Waals surface area contributed by atoms with Crippen LogP contribution in [0.5, 0.6) is 11.6 Å². The number of hydrogen-bond donors (Lipinski definition) is 0. The van der Waals surface area contributed by atoms with Crippen LogP contribution < -0.4 is 10.4 Å². The van der Waals surface area contributed by atoms with Crippen LogP contribution in [0, 0.1) is 13.8 Å². The van der Waals surface area contributed by atoms with Crippen molar-refractivity contribution in [2.75, 3.05) is 0 Å². The van der Waals surface area contributed by atoms with Crippen LogP contribution in [0.2, 0.25) is 0 Å². The van der Waals surface area contributed by atoms with Crippen molar-refractivity contribution in [2.24, 2.45) is 0 Å². The van der Waals surface area contributed by atoms with Crippen molar-refractivity contribution in [3.05, 3.63) is 117 Å². The Hall–Kier alpha value is -4.78. The van der Waals surface area contributed by atoms with Gasteiger partial charge in [0.1, 0.15) is 11.9 Å². The minimum Gasteiger partial charge on any atom is -0.437 e. The van der Waals surface area contributed by atoms with Crippen LogP contribution in [0.15, 0.2) is 88.3 Å². The lowest BCUT2D eigenvalue weighted by atomic mass is 9.84. The highest BCUT2D eigenvalue weighted by Crippen LogP contribution is 2.48. The molecular formula is C29H20N4O3. The van der Waals surface area contributed by atoms with E-state index in [1.54, 1.807) is 16.9 Å². The Labute approximate surface area is 205 Å². The van der Waals surface area contributed by atoms with Crippen LogP contribution in [0.1, 0.15) is 33.7 Å². The van der Waals surface area contributed by atoms with Crippen molar-refractivity contribution in [1.29, 1.82) is 0 Å². The average Bonchev–Trinajstić information content (AvgIpc) is 3.33. The molecule has 1 aliphatic rings. The third-order valence-electron chi connectivity index (χ3n) is 6.76. The molecule has 3 aromatic carbocycles. The molecule has 7 nitrogen and oxygen atoms in total. The molecule has 0 spiro atoms. The fourth-order valence-electron chi connectivity index (χ4n) is 4.96. The maximum Gasteiger partial charge on any atom is 0.344 e. The predicted octanol–water partition coefficient (Wildman–Crippen LogP) is 5.80. The third-order valence-corrected chi connectivity index (χ3v) is 6.76. The average molecular weight is 473 g/mol. The maximum absolute atomic E-state index is 13.4. The highest BCUT2D eigenvalue weighted by atomic mass is 16.5. The fourth-order valence-corrected chi connectivity index (χ4v) is 4.96. The van der Waals surface area contributed by atoms with E-state index in [1.165, 1.54) is 0 Å². The first kappa shape index (κ1) is 20.6. The summed E-state index contributed by atoms with van der Waals surface area (Å²) in [6.45, 7) is 4.06. The smallest absolute Gasteiger partial charge is 0.344 e. The van der Waals surface area contributed by atoms with Gasteiger partial charge in [-0.15, -0.1) is 5.10 Å². The van der Waals surface area contributed by atoms with Crippen molar-refractivity contribution in [3.8, 4) is 23.0 Å². The molecule has 7 heteroatoms. The number of fused-ring (bicyclic) bond motifs is 6. The van der Waals surface area contributed by atoms with Gasteiger partial charge in [0.15, 0.2) is 17.2 Å². The Morgan fingerprint density at radius 2 is 1.67 bits per heavy atom. The second-order valence-corrected chi connectivity index (χ2v) is 9.06. The van der Waals surface area contributed by atoms with Crippen molar-refractivity contribution >= 4 is 16.6 Å². The van der Waals surface area contributed by atoms with Gasteiger partial charge in [0, 0.05) is 5.56 Å². The van der Waals surface area contributed by atoms with Crippen molar-refractivity contribution < 1.29 is 9.15 Å². The largest absolute Gasteiger partial charge is 0.437 e. The summed E-state index contributed by atoms with van der Waals surface area (Å²) in [6.07, 6.45) is 1.60. The van der Waals surface area contributed by atoms with Crippen LogP contribution in [0.3, 0.4) is 0 Å². The van der Waals surface area contributed by atoms with Crippen LogP contribution in [0.4, 0.5) is 0 Å². The molecule has 0 saturated carbocycles. The molecule has 0 amide bonds. The number of rotatable bonds is 2. The molecular weight excluding hydrogens is 452 g/mol. The zero-order valence-electron chi connectivity index (χ0n) is 19.6. The number of aryl methyl sites for hydroxylation is 2. The summed E-state index contributed by atoms with van der Waals surface area (Å²) in [5.41, 5.74) is 5.77. The lowest BCUT2D eigenvalue weighted by molar-refractivity contribution is 0.422. The second-order valence-electron chi connectivity index (χ2n) is 9.06. The molecule has 4 heterocycles. The lowest BCUT2D eigenvalue weighted by Gasteiger charge is -2.27. The highest BCUT2D eigenvalue weighted by Gasteiger charge is 2.37. The van der Waals surface area contributed by atoms with Gasteiger partial charge in [-0.1, -0.05) is 66.2 Å². The van der Waals surface area contributed by atoms with Gasteiger partial charge >= 0.3 is 5.63 Å². The van der Waals surface area contributed by atoms with Gasteiger partial charge in [-0.25, -0.2) is 19.3 Å². The summed E-state index contributed by atoms with van der Waals surface area (Å²) in [6, 6.07) is 23.5. The number of para-hydroxylation sites is 1. The third kappa shape index (κ3) is 2.99. The molecule has 1 atom stereocenters. The van der Waals surface area contributed by atoms with Gasteiger partial charge in [0.2, 0.25) is 5.88 Å². The first-order valence-electron chi connectivity index (χ1n) is 11.7. The van der Waals surface area contributed by atoms with Crippen LogP contribution in [-0.2, 0) is 0 Å². The lowest BCUT2D eigenvalue weighted by Crippen LogP contribution is -2.22. The van der Waals surface area contributed by atoms with Crippen LogP contribution in [0.25, 0.3) is 28.0 Å². The van der Waals surface area contributed by atoms with Gasteiger partial charge in [-0.05, 0) is 37.1 Å². The summed E-state index contributed by atoms with van der Waals surface area (Å²) >= 11 is 0. The standard InChI is InChI=1S/C29H20N4O3/c1-16-11-13-18(14-12-16)22-23-25(20-9-5-6-10-21(20)35-29(23)34)36-28-24(22)27-31-26(32-33(27)15-30-28)19-8-4-3-7-17(19)2/h3-15,22H,1-2H3. The van der Waals surface area contributed by atoms with Crippen molar-refractivity contribution in [1.82, 2.24) is 19.6 Å². The SMILES string of the molecule is Cc1ccc(C2c3c(c4ccccc4oc3=O)Oc3ncn4nc(-c5ccccc5C)nc4c32)cc1. The van der Waals surface area contributed by atoms with E-state index in [4.69, 9.17) is 19.2 Å². The van der Waals surface area contributed by atoms with Crippen LogP contribution in [-0.4, -0.2) is 19.6 Å². The Balaban J connectivity index is 1.55. The number of benzene rings is 3. The zero-order chi connectivity index (χ0) is 24.4. The monoisotopic (exact) mass is 472 g/mol. The van der Waals surface area contributed by atoms with Crippen molar-refractivity contribution in [3.63, 3.8) is 0 Å². The minimum absolute atomic E-state index is 0.403. The molecule has 0 bridgehead atoms.